The Hall–Kier alpha value is -4.89. The number of phenolic OH excluding ortho intramolecular Hbond substituents is 1. The molecule has 0 bridgehead atoms. The lowest BCUT2D eigenvalue weighted by Gasteiger charge is -2.48. The number of β-lactam (4-membered cyclic amide) rings is 1. The van der Waals surface area contributed by atoms with Gasteiger partial charge in [0.05, 0.1) is 0 Å². The van der Waals surface area contributed by atoms with E-state index in [1.807, 2.05) is 112 Å². The molecule has 1 amide bonds. The third-order valence-corrected chi connectivity index (χ3v) is 9.65. The van der Waals surface area contributed by atoms with E-state index in [-0.39, 0.29) is 29.4 Å². The first-order chi connectivity index (χ1) is 22.5. The predicted molar refractivity (Wildman–Crippen MR) is 183 cm³/mol. The molecule has 8 nitrogen and oxygen atoms in total. The van der Waals surface area contributed by atoms with Crippen LogP contribution in [0.5, 0.6) is 5.75 Å². The zero-order chi connectivity index (χ0) is 33.3. The van der Waals surface area contributed by atoms with Gasteiger partial charge in [0, 0.05) is 41.0 Å². The molecule has 0 radical (unpaired) electrons. The number of carbonyl (C=O) groups excluding carboxylic acids is 3. The number of amides is 1. The summed E-state index contributed by atoms with van der Waals surface area (Å²) in [7, 11) is 0. The lowest BCUT2D eigenvalue weighted by molar-refractivity contribution is -0.153. The van der Waals surface area contributed by atoms with Crippen molar-refractivity contribution in [2.75, 3.05) is 12.4 Å². The van der Waals surface area contributed by atoms with Gasteiger partial charge in [0.1, 0.15) is 23.4 Å². The van der Waals surface area contributed by atoms with E-state index >= 15 is 0 Å². The third-order valence-electron chi connectivity index (χ3n) is 8.32. The highest BCUT2D eigenvalue weighted by Crippen LogP contribution is 2.43. The minimum absolute atomic E-state index is 0.0911. The molecular formula is C38H36N2O6S. The number of fused-ring (bicyclic) bond motifs is 2. The molecule has 2 atom stereocenters. The maximum Gasteiger partial charge on any atom is 0.356 e. The van der Waals surface area contributed by atoms with E-state index in [4.69, 9.17) is 14.5 Å². The molecule has 1 saturated heterocycles. The summed E-state index contributed by atoms with van der Waals surface area (Å²) in [6, 6.07) is 27.6. The van der Waals surface area contributed by atoms with Gasteiger partial charge < -0.3 is 14.6 Å². The molecule has 6 rings (SSSR count). The number of esters is 2. The van der Waals surface area contributed by atoms with E-state index in [2.05, 4.69) is 0 Å². The third kappa shape index (κ3) is 6.40. The summed E-state index contributed by atoms with van der Waals surface area (Å²) in [5, 5.41) is 12.1. The number of aromatic hydroxyl groups is 1. The molecule has 4 aromatic carbocycles. The van der Waals surface area contributed by atoms with E-state index < -0.39 is 29.5 Å². The first-order valence-electron chi connectivity index (χ1n) is 15.4. The van der Waals surface area contributed by atoms with E-state index in [1.54, 1.807) is 6.21 Å². The Labute approximate surface area is 278 Å². The second kappa shape index (κ2) is 13.1. The highest BCUT2D eigenvalue weighted by Gasteiger charge is 2.54. The predicted octanol–water partition coefficient (Wildman–Crippen LogP) is 6.70. The summed E-state index contributed by atoms with van der Waals surface area (Å²) in [5.41, 5.74) is 3.40. The number of phenols is 1. The second-order valence-corrected chi connectivity index (χ2v) is 13.7. The van der Waals surface area contributed by atoms with Gasteiger partial charge in [0.15, 0.2) is 12.1 Å². The molecule has 2 heterocycles. The van der Waals surface area contributed by atoms with Gasteiger partial charge in [-0.3, -0.25) is 19.5 Å². The SMILES string of the molecule is CC(=O)OCC1=C(C(=O)OC(c2ccccc2)c2ccccc2)N2C(=O)[C@@H](/N=C/c3cc(C(C)(C)C)c(O)c4ccccc34)[C@H]2SC1. The first kappa shape index (κ1) is 32.1. The van der Waals surface area contributed by atoms with Crippen LogP contribution in [0.3, 0.4) is 0 Å². The largest absolute Gasteiger partial charge is 0.507 e. The molecule has 1 fully saturated rings. The van der Waals surface area contributed by atoms with E-state index in [9.17, 15) is 19.5 Å². The molecule has 0 saturated carbocycles. The fourth-order valence-corrected chi connectivity index (χ4v) is 7.25. The summed E-state index contributed by atoms with van der Waals surface area (Å²) < 4.78 is 11.5. The number of thioether (sulfide) groups is 1. The minimum Gasteiger partial charge on any atom is -0.507 e. The van der Waals surface area contributed by atoms with Gasteiger partial charge in [-0.25, -0.2) is 4.79 Å². The fourth-order valence-electron chi connectivity index (χ4n) is 5.93. The molecule has 9 heteroatoms. The average Bonchev–Trinajstić information content (AvgIpc) is 3.07. The van der Waals surface area contributed by atoms with Crippen LogP contribution in [0.4, 0.5) is 0 Å². The number of hydrogen-bond donors (Lipinski definition) is 1. The van der Waals surface area contributed by atoms with Crippen LogP contribution in [0.25, 0.3) is 10.8 Å². The Morgan fingerprint density at radius 2 is 1.57 bits per heavy atom. The van der Waals surface area contributed by atoms with Crippen molar-refractivity contribution < 1.29 is 29.0 Å². The topological polar surface area (TPSA) is 106 Å². The van der Waals surface area contributed by atoms with Crippen molar-refractivity contribution in [3.63, 3.8) is 0 Å². The Bertz CT molecular complexity index is 1860. The van der Waals surface area contributed by atoms with Crippen LogP contribution in [-0.2, 0) is 29.3 Å². The van der Waals surface area contributed by atoms with Gasteiger partial charge in [0.25, 0.3) is 5.91 Å². The quantitative estimate of drug-likeness (QED) is 0.129. The maximum absolute atomic E-state index is 14.1. The van der Waals surface area contributed by atoms with Gasteiger partial charge in [-0.15, -0.1) is 11.8 Å². The van der Waals surface area contributed by atoms with Gasteiger partial charge in [-0.1, -0.05) is 106 Å². The van der Waals surface area contributed by atoms with Gasteiger partial charge in [-0.05, 0) is 28.0 Å². The zero-order valence-corrected chi connectivity index (χ0v) is 27.5. The van der Waals surface area contributed by atoms with Crippen molar-refractivity contribution in [3.8, 4) is 5.75 Å². The van der Waals surface area contributed by atoms with E-state index in [1.165, 1.54) is 23.6 Å². The standard InChI is InChI=1S/C38H36N2O6S/c1-23(41)45-21-27-22-47-36-31(39-20-26-19-30(38(2,3)4)33(42)29-18-12-11-17-28(26)29)35(43)40(36)32(27)37(44)46-34(24-13-7-5-8-14-24)25-15-9-6-10-16-25/h5-20,31,34,36,42H,21-22H2,1-4H3/b39-20+/t31-,36-/m1/s1. The van der Waals surface area contributed by atoms with Crippen LogP contribution < -0.4 is 0 Å². The van der Waals surface area contributed by atoms with Crippen molar-refractivity contribution in [3.05, 3.63) is 125 Å². The fraction of sp³-hybridized carbons (Fsp3) is 0.263. The van der Waals surface area contributed by atoms with Gasteiger partial charge >= 0.3 is 11.9 Å². The highest BCUT2D eigenvalue weighted by atomic mass is 32.2. The summed E-state index contributed by atoms with van der Waals surface area (Å²) >= 11 is 1.46. The number of ether oxygens (including phenoxy) is 2. The molecule has 0 aromatic heterocycles. The Morgan fingerprint density at radius 1 is 0.979 bits per heavy atom. The van der Waals surface area contributed by atoms with Gasteiger partial charge in [-0.2, -0.15) is 0 Å². The monoisotopic (exact) mass is 648 g/mol. The smallest absolute Gasteiger partial charge is 0.356 e. The Balaban J connectivity index is 1.32. The zero-order valence-electron chi connectivity index (χ0n) is 26.7. The molecule has 240 valence electrons. The van der Waals surface area contributed by atoms with Crippen molar-refractivity contribution >= 4 is 46.6 Å². The van der Waals surface area contributed by atoms with E-state index in [0.29, 0.717) is 16.7 Å². The molecule has 0 spiro atoms. The number of aliphatic imine (C=N–C) groups is 1. The highest BCUT2D eigenvalue weighted by molar-refractivity contribution is 8.00. The number of carbonyl (C=O) groups is 3. The molecule has 2 aliphatic heterocycles. The number of rotatable bonds is 8. The normalized spacial score (nSPS) is 18.0. The Kier molecular flexibility index (Phi) is 8.92. The molecule has 1 N–H and O–H groups in total. The summed E-state index contributed by atoms with van der Waals surface area (Å²) in [6.45, 7) is 7.27. The van der Waals surface area contributed by atoms with Crippen LogP contribution in [0.15, 0.2) is 107 Å². The van der Waals surface area contributed by atoms with Crippen LogP contribution in [0.1, 0.15) is 56.1 Å². The summed E-state index contributed by atoms with van der Waals surface area (Å²) in [6.07, 6.45) is 0.972. The van der Waals surface area contributed by atoms with Crippen molar-refractivity contribution in [2.24, 2.45) is 4.99 Å². The number of hydrogen-bond acceptors (Lipinski definition) is 8. The van der Waals surface area contributed by atoms with Crippen LogP contribution in [0.2, 0.25) is 0 Å². The van der Waals surface area contributed by atoms with Crippen LogP contribution >= 0.6 is 11.8 Å². The molecular weight excluding hydrogens is 612 g/mol. The second-order valence-electron chi connectivity index (χ2n) is 12.6. The molecule has 0 aliphatic carbocycles. The number of benzene rings is 4. The summed E-state index contributed by atoms with van der Waals surface area (Å²) in [5.74, 6) is -0.921. The van der Waals surface area contributed by atoms with Gasteiger partial charge in [0.2, 0.25) is 0 Å². The molecule has 0 unspecified atom stereocenters. The lowest BCUT2D eigenvalue weighted by atomic mass is 9.83. The van der Waals surface area contributed by atoms with Crippen LogP contribution in [0, 0.1) is 0 Å². The molecule has 2 aliphatic rings. The average molecular weight is 649 g/mol. The summed E-state index contributed by atoms with van der Waals surface area (Å²) in [4.78, 5) is 45.7. The van der Waals surface area contributed by atoms with Crippen molar-refractivity contribution in [1.29, 1.82) is 0 Å². The number of nitrogens with zero attached hydrogens (tertiary/aromatic N) is 2. The lowest BCUT2D eigenvalue weighted by Crippen LogP contribution is -2.64. The minimum atomic E-state index is -0.734. The Morgan fingerprint density at radius 3 is 2.17 bits per heavy atom. The maximum atomic E-state index is 14.1. The molecule has 4 aromatic rings. The first-order valence-corrected chi connectivity index (χ1v) is 16.5. The van der Waals surface area contributed by atoms with Crippen LogP contribution in [-0.4, -0.2) is 57.8 Å². The van der Waals surface area contributed by atoms with E-state index in [0.717, 1.165) is 27.6 Å². The van der Waals surface area contributed by atoms with Crippen molar-refractivity contribution in [2.45, 2.75) is 50.6 Å². The molecule has 47 heavy (non-hydrogen) atoms. The van der Waals surface area contributed by atoms with Crippen molar-refractivity contribution in [1.82, 2.24) is 4.90 Å².